The van der Waals surface area contributed by atoms with Crippen molar-refractivity contribution in [1.82, 2.24) is 20.1 Å². The van der Waals surface area contributed by atoms with Gasteiger partial charge in [-0.05, 0) is 30.7 Å². The van der Waals surface area contributed by atoms with Gasteiger partial charge in [-0.25, -0.2) is 0 Å². The van der Waals surface area contributed by atoms with Crippen LogP contribution in [0, 0.1) is 0 Å². The van der Waals surface area contributed by atoms with Crippen molar-refractivity contribution in [2.75, 3.05) is 13.7 Å². The zero-order chi connectivity index (χ0) is 12.8. The van der Waals surface area contributed by atoms with Gasteiger partial charge in [-0.1, -0.05) is 12.1 Å². The lowest BCUT2D eigenvalue weighted by atomic mass is 10.1. The molecule has 1 aromatic heterocycles. The highest BCUT2D eigenvalue weighted by Gasteiger charge is 1.99. The Hall–Kier alpha value is -1.88. The van der Waals surface area contributed by atoms with Crippen molar-refractivity contribution >= 4 is 0 Å². The van der Waals surface area contributed by atoms with Gasteiger partial charge < -0.3 is 14.6 Å². The number of aromatic nitrogens is 3. The Kier molecular flexibility index (Phi) is 4.30. The maximum Gasteiger partial charge on any atom is 0.146 e. The van der Waals surface area contributed by atoms with E-state index in [1.165, 1.54) is 5.56 Å². The third-order valence-corrected chi connectivity index (χ3v) is 2.84. The van der Waals surface area contributed by atoms with Crippen LogP contribution in [-0.2, 0) is 20.0 Å². The topological polar surface area (TPSA) is 52.0 Å². The van der Waals surface area contributed by atoms with E-state index < -0.39 is 0 Å². The molecule has 0 spiro atoms. The first-order valence-electron chi connectivity index (χ1n) is 5.96. The Morgan fingerprint density at radius 2 is 2.06 bits per heavy atom. The van der Waals surface area contributed by atoms with Crippen molar-refractivity contribution in [3.05, 3.63) is 42.0 Å². The molecular formula is C13H18N4O. The summed E-state index contributed by atoms with van der Waals surface area (Å²) in [5.74, 6) is 1.84. The molecule has 0 bridgehead atoms. The molecule has 0 radical (unpaired) electrons. The molecular weight excluding hydrogens is 228 g/mol. The van der Waals surface area contributed by atoms with E-state index in [0.717, 1.165) is 31.1 Å². The Labute approximate surface area is 107 Å². The summed E-state index contributed by atoms with van der Waals surface area (Å²) in [4.78, 5) is 0. The highest BCUT2D eigenvalue weighted by molar-refractivity contribution is 5.27. The Bertz CT molecular complexity index is 478. The van der Waals surface area contributed by atoms with Crippen LogP contribution in [0.5, 0.6) is 5.75 Å². The first-order chi connectivity index (χ1) is 8.79. The molecule has 0 aliphatic rings. The van der Waals surface area contributed by atoms with E-state index in [1.54, 1.807) is 13.4 Å². The molecule has 0 atom stereocenters. The van der Waals surface area contributed by atoms with Crippen molar-refractivity contribution in [3.8, 4) is 5.75 Å². The summed E-state index contributed by atoms with van der Waals surface area (Å²) in [6.45, 7) is 1.66. The molecule has 0 fully saturated rings. The molecule has 0 saturated heterocycles. The van der Waals surface area contributed by atoms with Crippen molar-refractivity contribution in [2.45, 2.75) is 13.0 Å². The quantitative estimate of drug-likeness (QED) is 0.777. The van der Waals surface area contributed by atoms with Gasteiger partial charge in [0, 0.05) is 7.05 Å². The first-order valence-corrected chi connectivity index (χ1v) is 5.96. The number of nitrogens with one attached hydrogen (secondary N) is 1. The summed E-state index contributed by atoms with van der Waals surface area (Å²) in [6, 6.07) is 8.14. The van der Waals surface area contributed by atoms with Crippen LogP contribution in [-0.4, -0.2) is 28.4 Å². The van der Waals surface area contributed by atoms with Crippen molar-refractivity contribution < 1.29 is 4.74 Å². The summed E-state index contributed by atoms with van der Waals surface area (Å²) < 4.78 is 7.04. The highest BCUT2D eigenvalue weighted by Crippen LogP contribution is 2.11. The largest absolute Gasteiger partial charge is 0.497 e. The lowest BCUT2D eigenvalue weighted by molar-refractivity contribution is 0.414. The van der Waals surface area contributed by atoms with Crippen molar-refractivity contribution in [1.29, 1.82) is 0 Å². The van der Waals surface area contributed by atoms with Crippen LogP contribution in [0.4, 0.5) is 0 Å². The molecule has 1 heterocycles. The van der Waals surface area contributed by atoms with Gasteiger partial charge in [0.2, 0.25) is 0 Å². The third-order valence-electron chi connectivity index (χ3n) is 2.84. The predicted octanol–water partition coefficient (Wildman–Crippen LogP) is 1.16. The van der Waals surface area contributed by atoms with Gasteiger partial charge >= 0.3 is 0 Å². The van der Waals surface area contributed by atoms with E-state index in [0.29, 0.717) is 0 Å². The minimum Gasteiger partial charge on any atom is -0.497 e. The van der Waals surface area contributed by atoms with Crippen molar-refractivity contribution in [2.24, 2.45) is 7.05 Å². The number of hydrogen-bond acceptors (Lipinski definition) is 4. The number of rotatable bonds is 6. The SMILES string of the molecule is COc1ccc(CCNCc2nncn2C)cc1. The molecule has 1 N–H and O–H groups in total. The van der Waals surface area contributed by atoms with E-state index in [-0.39, 0.29) is 0 Å². The molecule has 0 saturated carbocycles. The molecule has 18 heavy (non-hydrogen) atoms. The average molecular weight is 246 g/mol. The summed E-state index contributed by atoms with van der Waals surface area (Å²) in [5, 5.41) is 11.2. The molecule has 96 valence electrons. The Morgan fingerprint density at radius 1 is 1.28 bits per heavy atom. The molecule has 0 unspecified atom stereocenters. The molecule has 5 nitrogen and oxygen atoms in total. The summed E-state index contributed by atoms with van der Waals surface area (Å²) in [5.41, 5.74) is 1.29. The van der Waals surface area contributed by atoms with Crippen LogP contribution < -0.4 is 10.1 Å². The number of hydrogen-bond donors (Lipinski definition) is 1. The monoisotopic (exact) mass is 246 g/mol. The smallest absolute Gasteiger partial charge is 0.146 e. The number of methoxy groups -OCH3 is 1. The number of aryl methyl sites for hydroxylation is 1. The van der Waals surface area contributed by atoms with Crippen LogP contribution in [0.3, 0.4) is 0 Å². The summed E-state index contributed by atoms with van der Waals surface area (Å²) in [7, 11) is 3.62. The van der Waals surface area contributed by atoms with E-state index in [4.69, 9.17) is 4.74 Å². The highest BCUT2D eigenvalue weighted by atomic mass is 16.5. The Balaban J connectivity index is 1.73. The normalized spacial score (nSPS) is 10.6. The number of nitrogens with zero attached hydrogens (tertiary/aromatic N) is 3. The molecule has 1 aromatic carbocycles. The van der Waals surface area contributed by atoms with Crippen LogP contribution in [0.1, 0.15) is 11.4 Å². The molecule has 0 aliphatic heterocycles. The molecule has 2 rings (SSSR count). The predicted molar refractivity (Wildman–Crippen MR) is 69.4 cm³/mol. The first kappa shape index (κ1) is 12.6. The summed E-state index contributed by atoms with van der Waals surface area (Å²) >= 11 is 0. The van der Waals surface area contributed by atoms with E-state index in [9.17, 15) is 0 Å². The molecule has 5 heteroatoms. The minimum atomic E-state index is 0.743. The number of benzene rings is 1. The van der Waals surface area contributed by atoms with Gasteiger partial charge in [0.1, 0.15) is 17.9 Å². The standard InChI is InChI=1S/C13H18N4O/c1-17-10-15-16-13(17)9-14-8-7-11-3-5-12(18-2)6-4-11/h3-6,10,14H,7-9H2,1-2H3. The molecule has 0 aliphatic carbocycles. The molecule has 0 amide bonds. The zero-order valence-corrected chi connectivity index (χ0v) is 10.8. The third kappa shape index (κ3) is 3.30. The lowest BCUT2D eigenvalue weighted by Crippen LogP contribution is -2.19. The molecule has 2 aromatic rings. The van der Waals surface area contributed by atoms with Gasteiger partial charge in [0.25, 0.3) is 0 Å². The minimum absolute atomic E-state index is 0.743. The van der Waals surface area contributed by atoms with Gasteiger partial charge in [-0.15, -0.1) is 10.2 Å². The summed E-state index contributed by atoms with van der Waals surface area (Å²) in [6.07, 6.45) is 2.70. The van der Waals surface area contributed by atoms with Gasteiger partial charge in [-0.3, -0.25) is 0 Å². The fraction of sp³-hybridized carbons (Fsp3) is 0.385. The lowest BCUT2D eigenvalue weighted by Gasteiger charge is -2.05. The fourth-order valence-corrected chi connectivity index (χ4v) is 1.69. The number of ether oxygens (including phenoxy) is 1. The average Bonchev–Trinajstić information content (AvgIpc) is 2.81. The van der Waals surface area contributed by atoms with Crippen LogP contribution in [0.25, 0.3) is 0 Å². The van der Waals surface area contributed by atoms with Gasteiger partial charge in [-0.2, -0.15) is 0 Å². The second-order valence-electron chi connectivity index (χ2n) is 4.13. The Morgan fingerprint density at radius 3 is 2.67 bits per heavy atom. The van der Waals surface area contributed by atoms with E-state index in [1.807, 2.05) is 23.7 Å². The second kappa shape index (κ2) is 6.16. The van der Waals surface area contributed by atoms with Gasteiger partial charge in [0.15, 0.2) is 0 Å². The van der Waals surface area contributed by atoms with Crippen LogP contribution >= 0.6 is 0 Å². The fourth-order valence-electron chi connectivity index (χ4n) is 1.69. The van der Waals surface area contributed by atoms with Crippen LogP contribution in [0.15, 0.2) is 30.6 Å². The van der Waals surface area contributed by atoms with Gasteiger partial charge in [0.05, 0.1) is 13.7 Å². The zero-order valence-electron chi connectivity index (χ0n) is 10.8. The second-order valence-corrected chi connectivity index (χ2v) is 4.13. The van der Waals surface area contributed by atoms with E-state index in [2.05, 4.69) is 27.6 Å². The maximum atomic E-state index is 5.12. The van der Waals surface area contributed by atoms with E-state index >= 15 is 0 Å². The van der Waals surface area contributed by atoms with Crippen LogP contribution in [0.2, 0.25) is 0 Å². The van der Waals surface area contributed by atoms with Crippen molar-refractivity contribution in [3.63, 3.8) is 0 Å². The maximum absolute atomic E-state index is 5.12.